The van der Waals surface area contributed by atoms with Crippen molar-refractivity contribution in [3.8, 4) is 0 Å². The number of para-hydroxylation sites is 1. The number of fused-ring (bicyclic) bond motifs is 3. The topological polar surface area (TPSA) is 85.4 Å². The van der Waals surface area contributed by atoms with E-state index in [2.05, 4.69) is 39.9 Å². The molecule has 6 rings (SSSR count). The zero-order valence-electron chi connectivity index (χ0n) is 24.4. The van der Waals surface area contributed by atoms with Crippen molar-refractivity contribution in [2.75, 3.05) is 32.2 Å². The number of carbonyl (C=O) groups is 3. The van der Waals surface area contributed by atoms with Gasteiger partial charge in [0, 0.05) is 32.3 Å². The molecule has 8 nitrogen and oxygen atoms in total. The molecule has 5 atom stereocenters. The Balaban J connectivity index is 1.43. The molecule has 5 aliphatic heterocycles. The second-order valence-corrected chi connectivity index (χ2v) is 18.6. The van der Waals surface area contributed by atoms with Crippen LogP contribution >= 0.6 is 0 Å². The number of esters is 1. The number of methoxy groups -OCH3 is 1. The number of anilines is 1. The molecule has 2 bridgehead atoms. The Labute approximate surface area is 232 Å². The zero-order valence-corrected chi connectivity index (χ0v) is 25.4. The molecule has 1 amide bonds. The number of hydrogen-bond acceptors (Lipinski definition) is 7. The summed E-state index contributed by atoms with van der Waals surface area (Å²) >= 11 is 0. The SMILES string of the molecule is COC(=O)[C@]12O[C@]34N(CCC[C@]3(CCCCO[Si](C)(C)C(C)(C)C)C1=O)C(=O)C[C@]41c3ccccc3N(C)[C@H]21. The van der Waals surface area contributed by atoms with Crippen molar-refractivity contribution in [3.63, 3.8) is 0 Å². The molecule has 0 N–H and O–H groups in total. The van der Waals surface area contributed by atoms with Gasteiger partial charge in [0.05, 0.1) is 24.0 Å². The summed E-state index contributed by atoms with van der Waals surface area (Å²) in [5.41, 5.74) is -2.83. The van der Waals surface area contributed by atoms with Crippen LogP contribution in [-0.4, -0.2) is 75.6 Å². The van der Waals surface area contributed by atoms with Crippen molar-refractivity contribution in [3.05, 3.63) is 29.8 Å². The number of benzene rings is 1. The fraction of sp³-hybridized carbons (Fsp3) is 0.700. The van der Waals surface area contributed by atoms with Crippen LogP contribution in [0.3, 0.4) is 0 Å². The van der Waals surface area contributed by atoms with Gasteiger partial charge in [-0.25, -0.2) is 4.79 Å². The first kappa shape index (κ1) is 27.0. The Hall–Kier alpha value is -2.23. The third-order valence-corrected chi connectivity index (χ3v) is 15.7. The number of nitrogens with zero attached hydrogens (tertiary/aromatic N) is 2. The molecule has 212 valence electrons. The molecule has 39 heavy (non-hydrogen) atoms. The molecule has 5 aliphatic rings. The lowest BCUT2D eigenvalue weighted by Gasteiger charge is -2.57. The zero-order chi connectivity index (χ0) is 28.2. The fourth-order valence-electron chi connectivity index (χ4n) is 8.71. The summed E-state index contributed by atoms with van der Waals surface area (Å²) in [6, 6.07) is 7.39. The van der Waals surface area contributed by atoms with E-state index in [-0.39, 0.29) is 23.1 Å². The first-order valence-electron chi connectivity index (χ1n) is 14.4. The summed E-state index contributed by atoms with van der Waals surface area (Å²) in [6.45, 7) is 12.4. The molecular formula is C30H42N2O6Si. The molecule has 0 aliphatic carbocycles. The highest BCUT2D eigenvalue weighted by Crippen LogP contribution is 2.78. The van der Waals surface area contributed by atoms with Gasteiger partial charge in [-0.15, -0.1) is 0 Å². The minimum Gasteiger partial charge on any atom is -0.466 e. The smallest absolute Gasteiger partial charge is 0.348 e. The van der Waals surface area contributed by atoms with Gasteiger partial charge in [0.15, 0.2) is 19.8 Å². The lowest BCUT2D eigenvalue weighted by atomic mass is 9.48. The van der Waals surface area contributed by atoms with Crippen LogP contribution in [0.1, 0.15) is 64.9 Å². The first-order chi connectivity index (χ1) is 18.3. The Morgan fingerprint density at radius 1 is 1.18 bits per heavy atom. The van der Waals surface area contributed by atoms with E-state index in [4.69, 9.17) is 13.9 Å². The third kappa shape index (κ3) is 2.84. The van der Waals surface area contributed by atoms with Crippen LogP contribution in [0.2, 0.25) is 18.1 Å². The average molecular weight is 555 g/mol. The summed E-state index contributed by atoms with van der Waals surface area (Å²) in [6.07, 6.45) is 3.64. The average Bonchev–Trinajstić information content (AvgIpc) is 3.48. The Bertz CT molecular complexity index is 1260. The van der Waals surface area contributed by atoms with Gasteiger partial charge in [-0.1, -0.05) is 45.4 Å². The predicted octanol–water partition coefficient (Wildman–Crippen LogP) is 4.17. The number of ether oxygens (including phenoxy) is 2. The number of Topliss-reactive ketones (excluding diaryl/α,β-unsaturated/α-hetero) is 1. The molecule has 1 aromatic carbocycles. The van der Waals surface area contributed by atoms with Crippen LogP contribution in [-0.2, 0) is 33.7 Å². The van der Waals surface area contributed by atoms with Crippen molar-refractivity contribution in [2.45, 2.75) is 100 Å². The second kappa shape index (κ2) is 8.16. The van der Waals surface area contributed by atoms with E-state index in [1.54, 1.807) is 0 Å². The minimum atomic E-state index is -1.88. The molecule has 4 fully saturated rings. The van der Waals surface area contributed by atoms with Crippen LogP contribution in [0, 0.1) is 5.41 Å². The van der Waals surface area contributed by atoms with Gasteiger partial charge in [0.2, 0.25) is 11.5 Å². The number of hydrogen-bond donors (Lipinski definition) is 0. The Kier molecular flexibility index (Phi) is 5.64. The van der Waals surface area contributed by atoms with E-state index in [9.17, 15) is 14.4 Å². The highest BCUT2D eigenvalue weighted by Gasteiger charge is 2.96. The van der Waals surface area contributed by atoms with E-state index in [0.29, 0.717) is 32.4 Å². The van der Waals surface area contributed by atoms with Gasteiger partial charge in [0.1, 0.15) is 0 Å². The highest BCUT2D eigenvalue weighted by molar-refractivity contribution is 6.74. The lowest BCUT2D eigenvalue weighted by molar-refractivity contribution is -0.211. The molecule has 0 saturated carbocycles. The van der Waals surface area contributed by atoms with Crippen molar-refractivity contribution in [1.29, 1.82) is 0 Å². The molecule has 5 heterocycles. The molecule has 9 heteroatoms. The monoisotopic (exact) mass is 554 g/mol. The van der Waals surface area contributed by atoms with Gasteiger partial charge in [-0.3, -0.25) is 9.59 Å². The molecule has 4 saturated heterocycles. The van der Waals surface area contributed by atoms with Crippen LogP contribution < -0.4 is 4.90 Å². The van der Waals surface area contributed by atoms with Crippen molar-refractivity contribution in [1.82, 2.24) is 4.90 Å². The quantitative estimate of drug-likeness (QED) is 0.216. The normalized spacial score (nSPS) is 36.3. The van der Waals surface area contributed by atoms with Crippen LogP contribution in [0.5, 0.6) is 0 Å². The molecule has 1 aromatic rings. The highest BCUT2D eigenvalue weighted by atomic mass is 28.4. The molecule has 0 radical (unpaired) electrons. The summed E-state index contributed by atoms with van der Waals surface area (Å²) in [5, 5.41) is 0.128. The van der Waals surface area contributed by atoms with Gasteiger partial charge in [-0.05, 0) is 55.4 Å². The summed E-state index contributed by atoms with van der Waals surface area (Å²) < 4.78 is 18.7. The lowest BCUT2D eigenvalue weighted by Crippen LogP contribution is -2.74. The third-order valence-electron chi connectivity index (χ3n) is 11.2. The molecule has 2 spiro atoms. The summed E-state index contributed by atoms with van der Waals surface area (Å²) in [5.74, 6) is -0.849. The van der Waals surface area contributed by atoms with Crippen LogP contribution in [0.4, 0.5) is 5.69 Å². The van der Waals surface area contributed by atoms with Crippen molar-refractivity contribution in [2.24, 2.45) is 5.41 Å². The number of likely N-dealkylation sites (N-methyl/N-ethyl adjacent to an activating group) is 1. The Morgan fingerprint density at radius 3 is 2.59 bits per heavy atom. The standard InChI is InChI=1S/C30H42N2O6Si/c1-26(2,3)39(6,7)37-18-11-10-15-27-16-12-17-32-22(33)19-28-20-13-8-9-14-21(20)31(4)23(28)29(24(27)34,25(35)36-5)38-30(27,28)32/h8-9,13-14,23H,10-12,15-19H2,1-7H3/t23-,27+,28+,29+,30+/m0/s1. The van der Waals surface area contributed by atoms with Crippen LogP contribution in [0.15, 0.2) is 24.3 Å². The maximum Gasteiger partial charge on any atom is 0.348 e. The number of carbonyl (C=O) groups excluding carboxylic acids is 3. The second-order valence-electron chi connectivity index (χ2n) is 13.8. The fourth-order valence-corrected chi connectivity index (χ4v) is 9.79. The largest absolute Gasteiger partial charge is 0.466 e. The Morgan fingerprint density at radius 2 is 1.90 bits per heavy atom. The number of unbranched alkanes of at least 4 members (excludes halogenated alkanes) is 1. The predicted molar refractivity (Wildman–Crippen MR) is 149 cm³/mol. The minimum absolute atomic E-state index is 0.00334. The maximum absolute atomic E-state index is 14.8. The van der Waals surface area contributed by atoms with Crippen molar-refractivity contribution >= 4 is 31.7 Å². The van der Waals surface area contributed by atoms with E-state index in [1.807, 2.05) is 35.0 Å². The molecule has 0 aromatic heterocycles. The number of ketones is 1. The van der Waals surface area contributed by atoms with Crippen LogP contribution in [0.25, 0.3) is 0 Å². The summed E-state index contributed by atoms with van der Waals surface area (Å²) in [7, 11) is 1.35. The van der Waals surface area contributed by atoms with E-state index < -0.39 is 42.5 Å². The summed E-state index contributed by atoms with van der Waals surface area (Å²) in [4.78, 5) is 46.2. The van der Waals surface area contributed by atoms with E-state index in [0.717, 1.165) is 24.1 Å². The van der Waals surface area contributed by atoms with Crippen molar-refractivity contribution < 1.29 is 28.3 Å². The van der Waals surface area contributed by atoms with E-state index in [1.165, 1.54) is 7.11 Å². The number of amides is 1. The van der Waals surface area contributed by atoms with Gasteiger partial charge in [-0.2, -0.15) is 0 Å². The maximum atomic E-state index is 14.8. The first-order valence-corrected chi connectivity index (χ1v) is 17.3. The molecular weight excluding hydrogens is 512 g/mol. The van der Waals surface area contributed by atoms with Gasteiger partial charge < -0.3 is 23.7 Å². The van der Waals surface area contributed by atoms with E-state index >= 15 is 0 Å². The molecule has 0 unspecified atom stereocenters. The van der Waals surface area contributed by atoms with Gasteiger partial charge >= 0.3 is 5.97 Å². The van der Waals surface area contributed by atoms with Gasteiger partial charge in [0.25, 0.3) is 0 Å². The number of rotatable bonds is 7. The number of piperidine rings is 1.